The summed E-state index contributed by atoms with van der Waals surface area (Å²) in [4.78, 5) is 7.02. The Kier molecular flexibility index (Phi) is 4.20. The molecule has 1 aliphatic heterocycles. The van der Waals surface area contributed by atoms with Gasteiger partial charge in [-0.15, -0.1) is 0 Å². The Balaban J connectivity index is 1.61. The van der Waals surface area contributed by atoms with Crippen LogP contribution in [0.2, 0.25) is 0 Å². The predicted octanol–water partition coefficient (Wildman–Crippen LogP) is 3.22. The normalized spacial score (nSPS) is 19.9. The third-order valence-corrected chi connectivity index (χ3v) is 6.13. The molecule has 25 heavy (non-hydrogen) atoms. The van der Waals surface area contributed by atoms with E-state index < -0.39 is 0 Å². The topological polar surface area (TPSA) is 46.6 Å². The highest BCUT2D eigenvalue weighted by Gasteiger charge is 2.48. The largest absolute Gasteiger partial charge is 0.493 e. The molecule has 0 unspecified atom stereocenters. The van der Waals surface area contributed by atoms with Crippen LogP contribution in [0.1, 0.15) is 25.7 Å². The maximum atomic E-state index is 5.49. The van der Waals surface area contributed by atoms with Gasteiger partial charge in [-0.05, 0) is 50.8 Å². The van der Waals surface area contributed by atoms with E-state index in [4.69, 9.17) is 9.47 Å². The first-order valence-electron chi connectivity index (χ1n) is 9.15. The number of methoxy groups -OCH3 is 2. The summed E-state index contributed by atoms with van der Waals surface area (Å²) >= 11 is 0. The lowest BCUT2D eigenvalue weighted by atomic mass is 9.87. The van der Waals surface area contributed by atoms with E-state index in [2.05, 4.69) is 34.4 Å². The van der Waals surface area contributed by atoms with Gasteiger partial charge >= 0.3 is 0 Å². The van der Waals surface area contributed by atoms with E-state index in [9.17, 15) is 0 Å². The maximum absolute atomic E-state index is 5.49. The summed E-state index contributed by atoms with van der Waals surface area (Å²) in [7, 11) is 5.46. The highest BCUT2D eigenvalue weighted by atomic mass is 16.5. The molecule has 2 aromatic rings. The van der Waals surface area contributed by atoms with Gasteiger partial charge in [0.2, 0.25) is 0 Å². The Labute approximate surface area is 149 Å². The van der Waals surface area contributed by atoms with Crippen molar-refractivity contribution in [2.45, 2.75) is 31.2 Å². The van der Waals surface area contributed by atoms with Crippen LogP contribution < -0.4 is 19.7 Å². The van der Waals surface area contributed by atoms with Gasteiger partial charge in [-0.2, -0.15) is 0 Å². The van der Waals surface area contributed by atoms with Gasteiger partial charge in [0, 0.05) is 42.0 Å². The molecule has 2 aliphatic rings. The number of aromatic nitrogens is 1. The average molecular weight is 341 g/mol. The molecule has 5 heteroatoms. The SMILES string of the molecule is CNC1(C2CCN(c3ccnc4cc(OC)c(OC)cc34)CC2)CC1. The van der Waals surface area contributed by atoms with E-state index in [1.54, 1.807) is 14.2 Å². The molecule has 0 spiro atoms. The molecule has 1 saturated carbocycles. The van der Waals surface area contributed by atoms with Crippen molar-refractivity contribution in [1.82, 2.24) is 10.3 Å². The van der Waals surface area contributed by atoms with Crippen LogP contribution in [0.15, 0.2) is 24.4 Å². The van der Waals surface area contributed by atoms with Crippen molar-refractivity contribution in [3.05, 3.63) is 24.4 Å². The van der Waals surface area contributed by atoms with Crippen molar-refractivity contribution >= 4 is 16.6 Å². The number of piperidine rings is 1. The molecule has 1 N–H and O–H groups in total. The van der Waals surface area contributed by atoms with E-state index in [0.29, 0.717) is 5.54 Å². The number of hydrogen-bond acceptors (Lipinski definition) is 5. The van der Waals surface area contributed by atoms with Crippen molar-refractivity contribution in [2.75, 3.05) is 39.3 Å². The molecule has 0 atom stereocenters. The first-order chi connectivity index (χ1) is 12.2. The fraction of sp³-hybridized carbons (Fsp3) is 0.550. The monoisotopic (exact) mass is 341 g/mol. The Bertz CT molecular complexity index is 765. The summed E-state index contributed by atoms with van der Waals surface area (Å²) in [5.74, 6) is 2.28. The minimum Gasteiger partial charge on any atom is -0.493 e. The van der Waals surface area contributed by atoms with Gasteiger partial charge in [0.15, 0.2) is 11.5 Å². The van der Waals surface area contributed by atoms with E-state index in [0.717, 1.165) is 41.4 Å². The van der Waals surface area contributed by atoms with Crippen molar-refractivity contribution in [2.24, 2.45) is 5.92 Å². The molecule has 4 rings (SSSR count). The van der Waals surface area contributed by atoms with Crippen LogP contribution in [0, 0.1) is 5.92 Å². The van der Waals surface area contributed by atoms with Crippen molar-refractivity contribution in [3.8, 4) is 11.5 Å². The molecule has 5 nitrogen and oxygen atoms in total. The maximum Gasteiger partial charge on any atom is 0.162 e. The number of fused-ring (bicyclic) bond motifs is 1. The first-order valence-corrected chi connectivity index (χ1v) is 9.15. The van der Waals surface area contributed by atoms with E-state index in [-0.39, 0.29) is 0 Å². The zero-order valence-electron chi connectivity index (χ0n) is 15.3. The van der Waals surface area contributed by atoms with Gasteiger partial charge in [-0.1, -0.05) is 0 Å². The molecule has 2 heterocycles. The standard InChI is InChI=1S/C20H27N3O2/c1-21-20(7-8-20)14-5-10-23(11-6-14)17-4-9-22-16-13-19(25-3)18(24-2)12-15(16)17/h4,9,12-14,21H,5-8,10-11H2,1-3H3. The minimum atomic E-state index is 0.434. The molecule has 0 radical (unpaired) electrons. The lowest BCUT2D eigenvalue weighted by molar-refractivity contribution is 0.290. The zero-order valence-corrected chi connectivity index (χ0v) is 15.3. The Hall–Kier alpha value is -2.01. The Morgan fingerprint density at radius 1 is 1.12 bits per heavy atom. The fourth-order valence-electron chi connectivity index (χ4n) is 4.40. The van der Waals surface area contributed by atoms with Gasteiger partial charge in [0.1, 0.15) is 0 Å². The molecular weight excluding hydrogens is 314 g/mol. The molecule has 2 fully saturated rings. The zero-order chi connectivity index (χ0) is 17.4. The number of benzene rings is 1. The average Bonchev–Trinajstić information content (AvgIpc) is 3.48. The summed E-state index contributed by atoms with van der Waals surface area (Å²) in [5, 5.41) is 4.71. The number of nitrogens with zero attached hydrogens (tertiary/aromatic N) is 2. The summed E-state index contributed by atoms with van der Waals surface area (Å²) in [6, 6.07) is 6.14. The van der Waals surface area contributed by atoms with Crippen molar-refractivity contribution in [1.29, 1.82) is 0 Å². The van der Waals surface area contributed by atoms with Crippen LogP contribution in [0.3, 0.4) is 0 Å². The van der Waals surface area contributed by atoms with Crippen LogP contribution in [0.4, 0.5) is 5.69 Å². The van der Waals surface area contributed by atoms with Crippen molar-refractivity contribution < 1.29 is 9.47 Å². The third-order valence-electron chi connectivity index (χ3n) is 6.13. The highest BCUT2D eigenvalue weighted by Crippen LogP contribution is 2.47. The van der Waals surface area contributed by atoms with Crippen LogP contribution in [0.5, 0.6) is 11.5 Å². The number of nitrogens with one attached hydrogen (secondary N) is 1. The van der Waals surface area contributed by atoms with Gasteiger partial charge < -0.3 is 19.7 Å². The van der Waals surface area contributed by atoms with E-state index >= 15 is 0 Å². The molecule has 1 aromatic heterocycles. The molecule has 0 amide bonds. The molecule has 0 bridgehead atoms. The molecule has 1 aromatic carbocycles. The summed E-state index contributed by atoms with van der Waals surface area (Å²) < 4.78 is 10.9. The van der Waals surface area contributed by atoms with Crippen LogP contribution >= 0.6 is 0 Å². The first kappa shape index (κ1) is 16.5. The van der Waals surface area contributed by atoms with Gasteiger partial charge in [-0.3, -0.25) is 4.98 Å². The number of ether oxygens (including phenoxy) is 2. The smallest absolute Gasteiger partial charge is 0.162 e. The lowest BCUT2D eigenvalue weighted by Gasteiger charge is -2.38. The Morgan fingerprint density at radius 2 is 1.80 bits per heavy atom. The predicted molar refractivity (Wildman–Crippen MR) is 101 cm³/mol. The number of rotatable bonds is 5. The minimum absolute atomic E-state index is 0.434. The molecule has 1 aliphatic carbocycles. The number of hydrogen-bond donors (Lipinski definition) is 1. The molecular formula is C20H27N3O2. The van der Waals surface area contributed by atoms with Crippen molar-refractivity contribution in [3.63, 3.8) is 0 Å². The second kappa shape index (κ2) is 6.37. The number of pyridine rings is 1. The fourth-order valence-corrected chi connectivity index (χ4v) is 4.40. The Morgan fingerprint density at radius 3 is 2.40 bits per heavy atom. The van der Waals surface area contributed by atoms with Gasteiger partial charge in [0.25, 0.3) is 0 Å². The molecule has 1 saturated heterocycles. The van der Waals surface area contributed by atoms with E-state index in [1.807, 2.05) is 12.3 Å². The summed E-state index contributed by atoms with van der Waals surface area (Å²) in [6.45, 7) is 2.20. The van der Waals surface area contributed by atoms with Gasteiger partial charge in [-0.25, -0.2) is 0 Å². The second-order valence-corrected chi connectivity index (χ2v) is 7.22. The van der Waals surface area contributed by atoms with Gasteiger partial charge in [0.05, 0.1) is 19.7 Å². The third kappa shape index (κ3) is 2.80. The quantitative estimate of drug-likeness (QED) is 0.905. The highest BCUT2D eigenvalue weighted by molar-refractivity contribution is 5.94. The summed E-state index contributed by atoms with van der Waals surface area (Å²) in [5.41, 5.74) is 2.63. The lowest BCUT2D eigenvalue weighted by Crippen LogP contribution is -2.44. The van der Waals surface area contributed by atoms with Crippen LogP contribution in [0.25, 0.3) is 10.9 Å². The number of anilines is 1. The second-order valence-electron chi connectivity index (χ2n) is 7.22. The van der Waals surface area contributed by atoms with Crippen LogP contribution in [-0.2, 0) is 0 Å². The van der Waals surface area contributed by atoms with Crippen LogP contribution in [-0.4, -0.2) is 44.9 Å². The van der Waals surface area contributed by atoms with E-state index in [1.165, 1.54) is 31.4 Å². The summed E-state index contributed by atoms with van der Waals surface area (Å²) in [6.07, 6.45) is 7.06. The molecule has 134 valence electrons.